The van der Waals surface area contributed by atoms with E-state index < -0.39 is 0 Å². The van der Waals surface area contributed by atoms with Gasteiger partial charge < -0.3 is 0 Å². The maximum absolute atomic E-state index is 11.4. The zero-order valence-electron chi connectivity index (χ0n) is 7.83. The first kappa shape index (κ1) is 11.4. The number of rotatable bonds is 3. The third-order valence-corrected chi connectivity index (χ3v) is 2.67. The highest BCUT2D eigenvalue weighted by Crippen LogP contribution is 2.22. The fourth-order valence-corrected chi connectivity index (χ4v) is 1.60. The van der Waals surface area contributed by atoms with Crippen molar-refractivity contribution in [3.63, 3.8) is 0 Å². The van der Waals surface area contributed by atoms with Crippen LogP contribution < -0.4 is 5.48 Å². The molecule has 0 fully saturated rings. The lowest BCUT2D eigenvalue weighted by Crippen LogP contribution is -2.22. The molecular formula is C9H10ClNO2S. The van der Waals surface area contributed by atoms with Crippen LogP contribution in [0.25, 0.3) is 0 Å². The summed E-state index contributed by atoms with van der Waals surface area (Å²) in [7, 11) is 1.38. The lowest BCUT2D eigenvalue weighted by Gasteiger charge is -2.05. The van der Waals surface area contributed by atoms with E-state index in [1.807, 2.05) is 12.3 Å². The average molecular weight is 232 g/mol. The van der Waals surface area contributed by atoms with Crippen LogP contribution in [0.1, 0.15) is 10.4 Å². The summed E-state index contributed by atoms with van der Waals surface area (Å²) in [6.45, 7) is 0. The molecule has 0 unspecified atom stereocenters. The number of amides is 1. The van der Waals surface area contributed by atoms with Gasteiger partial charge in [0.05, 0.1) is 17.7 Å². The number of benzene rings is 1. The number of carbonyl (C=O) groups is 1. The Kier molecular flexibility index (Phi) is 4.25. The van der Waals surface area contributed by atoms with Gasteiger partial charge in [-0.05, 0) is 24.5 Å². The zero-order chi connectivity index (χ0) is 10.6. The van der Waals surface area contributed by atoms with Crippen molar-refractivity contribution in [1.82, 2.24) is 5.48 Å². The van der Waals surface area contributed by atoms with E-state index in [0.717, 1.165) is 4.90 Å². The zero-order valence-corrected chi connectivity index (χ0v) is 9.41. The molecule has 0 aromatic heterocycles. The quantitative estimate of drug-likeness (QED) is 0.641. The van der Waals surface area contributed by atoms with E-state index in [2.05, 4.69) is 10.3 Å². The molecule has 1 amide bonds. The molecule has 0 saturated carbocycles. The second-order valence-corrected chi connectivity index (χ2v) is 3.77. The summed E-state index contributed by atoms with van der Waals surface area (Å²) < 4.78 is 0. The second kappa shape index (κ2) is 5.24. The van der Waals surface area contributed by atoms with Gasteiger partial charge in [-0.3, -0.25) is 9.63 Å². The fourth-order valence-electron chi connectivity index (χ4n) is 0.953. The highest BCUT2D eigenvalue weighted by atomic mass is 35.5. The molecule has 3 nitrogen and oxygen atoms in total. The number of nitrogens with one attached hydrogen (secondary N) is 1. The maximum atomic E-state index is 11.4. The minimum absolute atomic E-state index is 0.339. The molecule has 0 bridgehead atoms. The van der Waals surface area contributed by atoms with Crippen LogP contribution in [-0.2, 0) is 4.84 Å². The number of hydroxylamine groups is 1. The second-order valence-electron chi connectivity index (χ2n) is 2.48. The van der Waals surface area contributed by atoms with Crippen LogP contribution in [0.15, 0.2) is 23.1 Å². The molecule has 0 heterocycles. The van der Waals surface area contributed by atoms with Crippen LogP contribution in [0.2, 0.25) is 5.02 Å². The first-order valence-electron chi connectivity index (χ1n) is 3.86. The number of thioether (sulfide) groups is 1. The highest BCUT2D eigenvalue weighted by Gasteiger charge is 2.10. The minimum Gasteiger partial charge on any atom is -0.277 e. The van der Waals surface area contributed by atoms with E-state index in [9.17, 15) is 4.79 Å². The molecule has 1 rings (SSSR count). The molecule has 1 N–H and O–H groups in total. The van der Waals surface area contributed by atoms with Crippen molar-refractivity contribution >= 4 is 29.3 Å². The van der Waals surface area contributed by atoms with Gasteiger partial charge in [0, 0.05) is 4.90 Å². The van der Waals surface area contributed by atoms with Gasteiger partial charge in [0.15, 0.2) is 0 Å². The minimum atomic E-state index is -0.339. The molecule has 14 heavy (non-hydrogen) atoms. The van der Waals surface area contributed by atoms with Crippen molar-refractivity contribution in [3.05, 3.63) is 28.8 Å². The molecule has 0 aliphatic carbocycles. The van der Waals surface area contributed by atoms with Gasteiger partial charge in [-0.15, -0.1) is 11.8 Å². The molecule has 0 spiro atoms. The summed E-state index contributed by atoms with van der Waals surface area (Å²) in [5, 5.41) is 0.414. The lowest BCUT2D eigenvalue weighted by atomic mass is 10.2. The third kappa shape index (κ3) is 2.64. The Morgan fingerprint density at radius 2 is 2.29 bits per heavy atom. The molecule has 0 saturated heterocycles. The summed E-state index contributed by atoms with van der Waals surface area (Å²) in [5.41, 5.74) is 2.64. The van der Waals surface area contributed by atoms with Gasteiger partial charge >= 0.3 is 0 Å². The molecular weight excluding hydrogens is 222 g/mol. The van der Waals surface area contributed by atoms with Crippen LogP contribution in [0.4, 0.5) is 0 Å². The van der Waals surface area contributed by atoms with E-state index in [4.69, 9.17) is 11.6 Å². The standard InChI is InChI=1S/C9H10ClNO2S/c1-13-11-9(12)7-5-6(14-2)3-4-8(7)10/h3-5H,1-2H3,(H,11,12). The summed E-state index contributed by atoms with van der Waals surface area (Å²) in [4.78, 5) is 16.9. The van der Waals surface area contributed by atoms with Gasteiger partial charge in [-0.2, -0.15) is 0 Å². The molecule has 0 aliphatic rings. The molecule has 0 aliphatic heterocycles. The van der Waals surface area contributed by atoms with E-state index in [1.54, 1.807) is 23.9 Å². The monoisotopic (exact) mass is 231 g/mol. The predicted octanol–water partition coefficient (Wildman–Crippen LogP) is 2.35. The van der Waals surface area contributed by atoms with Gasteiger partial charge in [0.2, 0.25) is 0 Å². The Labute approximate surface area is 91.7 Å². The Morgan fingerprint density at radius 1 is 1.57 bits per heavy atom. The highest BCUT2D eigenvalue weighted by molar-refractivity contribution is 7.98. The van der Waals surface area contributed by atoms with Crippen molar-refractivity contribution in [2.24, 2.45) is 0 Å². The smallest absolute Gasteiger partial charge is 0.276 e. The molecule has 76 valence electrons. The summed E-state index contributed by atoms with van der Waals surface area (Å²) >= 11 is 7.41. The van der Waals surface area contributed by atoms with Gasteiger partial charge in [-0.1, -0.05) is 11.6 Å². The van der Waals surface area contributed by atoms with Gasteiger partial charge in [-0.25, -0.2) is 5.48 Å². The molecule has 5 heteroatoms. The van der Waals surface area contributed by atoms with E-state index in [0.29, 0.717) is 10.6 Å². The lowest BCUT2D eigenvalue weighted by molar-refractivity contribution is 0.0537. The first-order valence-corrected chi connectivity index (χ1v) is 5.46. The average Bonchev–Trinajstić information content (AvgIpc) is 2.19. The van der Waals surface area contributed by atoms with Crippen molar-refractivity contribution in [1.29, 1.82) is 0 Å². The Bertz CT molecular complexity index is 344. The number of halogens is 1. The molecule has 1 aromatic carbocycles. The van der Waals surface area contributed by atoms with Crippen LogP contribution in [0.5, 0.6) is 0 Å². The Morgan fingerprint density at radius 3 is 2.86 bits per heavy atom. The Hall–Kier alpha value is -0.710. The first-order chi connectivity index (χ1) is 6.69. The normalized spacial score (nSPS) is 9.93. The molecule has 0 radical (unpaired) electrons. The van der Waals surface area contributed by atoms with Crippen molar-refractivity contribution in [2.45, 2.75) is 4.90 Å². The third-order valence-electron chi connectivity index (χ3n) is 1.61. The topological polar surface area (TPSA) is 38.3 Å². The molecule has 0 atom stereocenters. The number of carbonyl (C=O) groups excluding carboxylic acids is 1. The Balaban J connectivity index is 2.99. The van der Waals surface area contributed by atoms with Crippen molar-refractivity contribution < 1.29 is 9.63 Å². The van der Waals surface area contributed by atoms with Crippen molar-refractivity contribution in [2.75, 3.05) is 13.4 Å². The SMILES string of the molecule is CONC(=O)c1cc(SC)ccc1Cl. The summed E-state index contributed by atoms with van der Waals surface area (Å²) in [6.07, 6.45) is 1.93. The fraction of sp³-hybridized carbons (Fsp3) is 0.222. The maximum Gasteiger partial charge on any atom is 0.276 e. The molecule has 1 aromatic rings. The summed E-state index contributed by atoms with van der Waals surface area (Å²) in [5.74, 6) is -0.339. The predicted molar refractivity (Wildman–Crippen MR) is 57.7 cm³/mol. The van der Waals surface area contributed by atoms with E-state index in [-0.39, 0.29) is 5.91 Å². The largest absolute Gasteiger partial charge is 0.277 e. The summed E-state index contributed by atoms with van der Waals surface area (Å²) in [6, 6.07) is 5.27. The van der Waals surface area contributed by atoms with E-state index >= 15 is 0 Å². The number of hydrogen-bond donors (Lipinski definition) is 1. The van der Waals surface area contributed by atoms with Crippen LogP contribution >= 0.6 is 23.4 Å². The van der Waals surface area contributed by atoms with Crippen LogP contribution in [0.3, 0.4) is 0 Å². The van der Waals surface area contributed by atoms with Crippen molar-refractivity contribution in [3.8, 4) is 0 Å². The number of hydrogen-bond acceptors (Lipinski definition) is 3. The van der Waals surface area contributed by atoms with Crippen LogP contribution in [-0.4, -0.2) is 19.3 Å². The van der Waals surface area contributed by atoms with Crippen LogP contribution in [0, 0.1) is 0 Å². The van der Waals surface area contributed by atoms with Gasteiger partial charge in [0.25, 0.3) is 5.91 Å². The van der Waals surface area contributed by atoms with Gasteiger partial charge in [0.1, 0.15) is 0 Å². The van der Waals surface area contributed by atoms with E-state index in [1.165, 1.54) is 7.11 Å².